The minimum atomic E-state index is -0.238. The van der Waals surface area contributed by atoms with Gasteiger partial charge in [-0.15, -0.1) is 0 Å². The Kier molecular flexibility index (Phi) is 4.88. The molecule has 0 spiro atoms. The first-order chi connectivity index (χ1) is 5.83. The molecule has 0 aromatic carbocycles. The van der Waals surface area contributed by atoms with E-state index in [9.17, 15) is 0 Å². The zero-order valence-corrected chi connectivity index (χ0v) is 9.72. The summed E-state index contributed by atoms with van der Waals surface area (Å²) in [4.78, 5) is 0. The van der Waals surface area contributed by atoms with Gasteiger partial charge >= 0.3 is 0 Å². The monoisotopic (exact) mass is 187 g/mol. The lowest BCUT2D eigenvalue weighted by Gasteiger charge is -2.15. The molecule has 0 aromatic rings. The van der Waals surface area contributed by atoms with E-state index in [1.54, 1.807) is 0 Å². The van der Waals surface area contributed by atoms with Gasteiger partial charge in [0.1, 0.15) is 0 Å². The Bertz CT molecular complexity index is 115. The van der Waals surface area contributed by atoms with Gasteiger partial charge in [-0.3, -0.25) is 0 Å². The summed E-state index contributed by atoms with van der Waals surface area (Å²) in [7, 11) is -0.238. The lowest BCUT2D eigenvalue weighted by Crippen LogP contribution is -2.24. The van der Waals surface area contributed by atoms with Crippen LogP contribution >= 0.6 is 0 Å². The van der Waals surface area contributed by atoms with Gasteiger partial charge in [0.2, 0.25) is 0 Å². The highest BCUT2D eigenvalue weighted by atomic mass is 28.2. The molecular formula is C9H21NOSi. The largest absolute Gasteiger partial charge is 0.424 e. The molecule has 3 heteroatoms. The molecule has 1 aliphatic heterocycles. The minimum Gasteiger partial charge on any atom is -0.424 e. The second-order valence-electron chi connectivity index (χ2n) is 3.79. The molecule has 12 heavy (non-hydrogen) atoms. The SMILES string of the molecule is CCO[SiH2]C(C)CC1CCCN1. The predicted octanol–water partition coefficient (Wildman–Crippen LogP) is 1.06. The number of hydrogen-bond donors (Lipinski definition) is 1. The van der Waals surface area contributed by atoms with Gasteiger partial charge in [0.05, 0.1) is 0 Å². The Hall–Kier alpha value is 0.137. The van der Waals surface area contributed by atoms with E-state index in [0.717, 1.165) is 18.2 Å². The van der Waals surface area contributed by atoms with E-state index in [0.29, 0.717) is 0 Å². The Morgan fingerprint density at radius 3 is 3.08 bits per heavy atom. The lowest BCUT2D eigenvalue weighted by molar-refractivity contribution is 0.349. The summed E-state index contributed by atoms with van der Waals surface area (Å²) in [6.45, 7) is 6.57. The molecule has 1 aliphatic rings. The summed E-state index contributed by atoms with van der Waals surface area (Å²) >= 11 is 0. The van der Waals surface area contributed by atoms with Crippen molar-refractivity contribution in [3.63, 3.8) is 0 Å². The van der Waals surface area contributed by atoms with Crippen LogP contribution in [0.25, 0.3) is 0 Å². The molecule has 0 radical (unpaired) electrons. The molecule has 1 saturated heterocycles. The Balaban J connectivity index is 2.03. The van der Waals surface area contributed by atoms with Crippen molar-refractivity contribution in [2.75, 3.05) is 13.2 Å². The molecule has 1 N–H and O–H groups in total. The van der Waals surface area contributed by atoms with Gasteiger partial charge < -0.3 is 9.74 Å². The summed E-state index contributed by atoms with van der Waals surface area (Å²) in [6, 6.07) is 0.799. The molecule has 1 fully saturated rings. The average molecular weight is 187 g/mol. The smallest absolute Gasteiger partial charge is 0.164 e. The normalized spacial score (nSPS) is 27.0. The molecule has 1 rings (SSSR count). The van der Waals surface area contributed by atoms with E-state index in [4.69, 9.17) is 4.43 Å². The van der Waals surface area contributed by atoms with E-state index in [1.165, 1.54) is 25.8 Å². The maximum Gasteiger partial charge on any atom is 0.164 e. The van der Waals surface area contributed by atoms with Crippen molar-refractivity contribution < 1.29 is 4.43 Å². The van der Waals surface area contributed by atoms with E-state index in [1.807, 2.05) is 0 Å². The molecular weight excluding hydrogens is 166 g/mol. The van der Waals surface area contributed by atoms with Crippen LogP contribution < -0.4 is 5.32 Å². The zero-order valence-electron chi connectivity index (χ0n) is 8.31. The van der Waals surface area contributed by atoms with Crippen molar-refractivity contribution in [3.05, 3.63) is 0 Å². The van der Waals surface area contributed by atoms with E-state index < -0.39 is 0 Å². The van der Waals surface area contributed by atoms with Crippen molar-refractivity contribution in [2.45, 2.75) is 44.7 Å². The van der Waals surface area contributed by atoms with E-state index in [2.05, 4.69) is 19.2 Å². The van der Waals surface area contributed by atoms with Gasteiger partial charge in [-0.1, -0.05) is 6.92 Å². The third kappa shape index (κ3) is 3.69. The van der Waals surface area contributed by atoms with E-state index in [-0.39, 0.29) is 9.76 Å². The van der Waals surface area contributed by atoms with E-state index >= 15 is 0 Å². The van der Waals surface area contributed by atoms with Crippen molar-refractivity contribution >= 4 is 9.76 Å². The van der Waals surface area contributed by atoms with Crippen molar-refractivity contribution in [3.8, 4) is 0 Å². The van der Waals surface area contributed by atoms with Gasteiger partial charge in [-0.25, -0.2) is 0 Å². The molecule has 72 valence electrons. The summed E-state index contributed by atoms with van der Waals surface area (Å²) in [5, 5.41) is 3.53. The molecule has 0 aliphatic carbocycles. The first kappa shape index (κ1) is 10.2. The summed E-state index contributed by atoms with van der Waals surface area (Å²) in [5.74, 6) is 0. The molecule has 1 heterocycles. The molecule has 0 bridgehead atoms. The van der Waals surface area contributed by atoms with Gasteiger partial charge in [0.15, 0.2) is 9.76 Å². The second-order valence-corrected chi connectivity index (χ2v) is 5.93. The Morgan fingerprint density at radius 2 is 2.50 bits per heavy atom. The van der Waals surface area contributed by atoms with Crippen molar-refractivity contribution in [1.29, 1.82) is 0 Å². The van der Waals surface area contributed by atoms with Gasteiger partial charge in [-0.2, -0.15) is 0 Å². The Morgan fingerprint density at radius 1 is 1.67 bits per heavy atom. The maximum absolute atomic E-state index is 5.52. The van der Waals surface area contributed by atoms with Crippen LogP contribution in [-0.4, -0.2) is 29.0 Å². The fourth-order valence-corrected chi connectivity index (χ4v) is 3.01. The van der Waals surface area contributed by atoms with Crippen LogP contribution in [0.5, 0.6) is 0 Å². The topological polar surface area (TPSA) is 21.3 Å². The second kappa shape index (κ2) is 5.73. The third-order valence-electron chi connectivity index (χ3n) is 2.46. The first-order valence-electron chi connectivity index (χ1n) is 5.14. The van der Waals surface area contributed by atoms with Crippen LogP contribution in [0, 0.1) is 0 Å². The molecule has 2 unspecified atom stereocenters. The van der Waals surface area contributed by atoms with Crippen LogP contribution in [-0.2, 0) is 4.43 Å². The van der Waals surface area contributed by atoms with Crippen LogP contribution in [0.15, 0.2) is 0 Å². The summed E-state index contributed by atoms with van der Waals surface area (Å²) < 4.78 is 5.52. The van der Waals surface area contributed by atoms with Crippen LogP contribution in [0.1, 0.15) is 33.1 Å². The predicted molar refractivity (Wildman–Crippen MR) is 55.2 cm³/mol. The lowest BCUT2D eigenvalue weighted by atomic mass is 10.1. The fourth-order valence-electron chi connectivity index (χ4n) is 1.83. The van der Waals surface area contributed by atoms with Crippen molar-refractivity contribution in [2.24, 2.45) is 0 Å². The zero-order chi connectivity index (χ0) is 8.81. The van der Waals surface area contributed by atoms with Gasteiger partial charge in [-0.05, 0) is 38.3 Å². The molecule has 0 saturated carbocycles. The molecule has 0 aromatic heterocycles. The number of hydrogen-bond acceptors (Lipinski definition) is 2. The Labute approximate surface area is 78.0 Å². The molecule has 2 nitrogen and oxygen atoms in total. The van der Waals surface area contributed by atoms with Gasteiger partial charge in [0, 0.05) is 12.6 Å². The van der Waals surface area contributed by atoms with Crippen molar-refractivity contribution in [1.82, 2.24) is 5.32 Å². The summed E-state index contributed by atoms with van der Waals surface area (Å²) in [6.07, 6.45) is 4.09. The number of nitrogens with one attached hydrogen (secondary N) is 1. The quantitative estimate of drug-likeness (QED) is 0.650. The molecule has 2 atom stereocenters. The number of rotatable bonds is 5. The van der Waals surface area contributed by atoms with Crippen LogP contribution in [0.4, 0.5) is 0 Å². The highest BCUT2D eigenvalue weighted by Gasteiger charge is 2.16. The molecule has 0 amide bonds. The third-order valence-corrected chi connectivity index (χ3v) is 4.00. The highest BCUT2D eigenvalue weighted by Crippen LogP contribution is 2.17. The highest BCUT2D eigenvalue weighted by molar-refractivity contribution is 6.29. The first-order valence-corrected chi connectivity index (χ1v) is 6.53. The maximum atomic E-state index is 5.52. The summed E-state index contributed by atoms with van der Waals surface area (Å²) in [5.41, 5.74) is 0.848. The van der Waals surface area contributed by atoms with Gasteiger partial charge in [0.25, 0.3) is 0 Å². The fraction of sp³-hybridized carbons (Fsp3) is 1.00. The van der Waals surface area contributed by atoms with Crippen LogP contribution in [0.2, 0.25) is 5.54 Å². The van der Waals surface area contributed by atoms with Crippen LogP contribution in [0.3, 0.4) is 0 Å². The minimum absolute atomic E-state index is 0.238. The standard InChI is InChI=1S/C9H21NOSi/c1-3-11-12-8(2)7-9-5-4-6-10-9/h8-10H,3-7,12H2,1-2H3. The average Bonchev–Trinajstić information content (AvgIpc) is 2.53.